The minimum absolute atomic E-state index is 0.243. The summed E-state index contributed by atoms with van der Waals surface area (Å²) in [6.07, 6.45) is 6.13. The van der Waals surface area contributed by atoms with E-state index in [0.29, 0.717) is 19.0 Å². The summed E-state index contributed by atoms with van der Waals surface area (Å²) in [5.74, 6) is 0.469. The van der Waals surface area contributed by atoms with E-state index in [1.807, 2.05) is 10.9 Å². The molecule has 1 aromatic heterocycles. The number of aromatic nitrogens is 2. The first-order valence-electron chi connectivity index (χ1n) is 6.07. The van der Waals surface area contributed by atoms with E-state index in [1.54, 1.807) is 6.20 Å². The Morgan fingerprint density at radius 3 is 3.28 bits per heavy atom. The van der Waals surface area contributed by atoms with Gasteiger partial charge < -0.3 is 15.8 Å². The SMILES string of the molecule is NC(=NCC1CCCO1)NCCn1cc(Br)cn1. The van der Waals surface area contributed by atoms with Crippen molar-refractivity contribution in [2.75, 3.05) is 19.7 Å². The molecule has 3 N–H and O–H groups in total. The lowest BCUT2D eigenvalue weighted by molar-refractivity contribution is 0.118. The first-order valence-corrected chi connectivity index (χ1v) is 6.86. The van der Waals surface area contributed by atoms with Gasteiger partial charge in [-0.25, -0.2) is 0 Å². The van der Waals surface area contributed by atoms with Gasteiger partial charge in [-0.15, -0.1) is 0 Å². The highest BCUT2D eigenvalue weighted by Crippen LogP contribution is 2.11. The fraction of sp³-hybridized carbons (Fsp3) is 0.636. The van der Waals surface area contributed by atoms with Crippen LogP contribution in [0, 0.1) is 0 Å². The normalized spacial score (nSPS) is 20.3. The van der Waals surface area contributed by atoms with Crippen LogP contribution in [0.4, 0.5) is 0 Å². The summed E-state index contributed by atoms with van der Waals surface area (Å²) < 4.78 is 8.28. The van der Waals surface area contributed by atoms with Gasteiger partial charge in [0.1, 0.15) is 0 Å². The number of hydrogen-bond donors (Lipinski definition) is 2. The lowest BCUT2D eigenvalue weighted by atomic mass is 10.2. The highest BCUT2D eigenvalue weighted by Gasteiger charge is 2.14. The van der Waals surface area contributed by atoms with Crippen LogP contribution in [-0.2, 0) is 11.3 Å². The number of aliphatic imine (C=N–C) groups is 1. The van der Waals surface area contributed by atoms with Crippen LogP contribution in [0.3, 0.4) is 0 Å². The Balaban J connectivity index is 1.64. The van der Waals surface area contributed by atoms with E-state index in [9.17, 15) is 0 Å². The molecule has 0 aromatic carbocycles. The summed E-state index contributed by atoms with van der Waals surface area (Å²) in [5.41, 5.74) is 5.77. The van der Waals surface area contributed by atoms with Crippen molar-refractivity contribution in [3.05, 3.63) is 16.9 Å². The number of ether oxygens (including phenoxy) is 1. The fourth-order valence-electron chi connectivity index (χ4n) is 1.80. The molecule has 0 spiro atoms. The molecule has 1 saturated heterocycles. The van der Waals surface area contributed by atoms with E-state index in [-0.39, 0.29) is 6.10 Å². The van der Waals surface area contributed by atoms with Crippen LogP contribution in [0.25, 0.3) is 0 Å². The molecule has 18 heavy (non-hydrogen) atoms. The van der Waals surface area contributed by atoms with Gasteiger partial charge >= 0.3 is 0 Å². The van der Waals surface area contributed by atoms with Gasteiger partial charge in [0.25, 0.3) is 0 Å². The molecule has 6 nitrogen and oxygen atoms in total. The van der Waals surface area contributed by atoms with E-state index in [0.717, 1.165) is 30.5 Å². The highest BCUT2D eigenvalue weighted by molar-refractivity contribution is 9.10. The van der Waals surface area contributed by atoms with Gasteiger partial charge in [-0.1, -0.05) is 0 Å². The minimum atomic E-state index is 0.243. The number of nitrogens with two attached hydrogens (primary N) is 1. The van der Waals surface area contributed by atoms with Crippen molar-refractivity contribution in [3.8, 4) is 0 Å². The second kappa shape index (κ2) is 6.75. The van der Waals surface area contributed by atoms with E-state index in [2.05, 4.69) is 31.3 Å². The smallest absolute Gasteiger partial charge is 0.188 e. The molecule has 7 heteroatoms. The van der Waals surface area contributed by atoms with Gasteiger partial charge in [0, 0.05) is 19.3 Å². The zero-order valence-corrected chi connectivity index (χ0v) is 11.8. The molecule has 2 heterocycles. The van der Waals surface area contributed by atoms with Gasteiger partial charge in [0.15, 0.2) is 5.96 Å². The molecule has 2 rings (SSSR count). The highest BCUT2D eigenvalue weighted by atomic mass is 79.9. The van der Waals surface area contributed by atoms with Crippen LogP contribution in [-0.4, -0.2) is 41.5 Å². The van der Waals surface area contributed by atoms with Gasteiger partial charge in [-0.2, -0.15) is 5.10 Å². The Bertz CT molecular complexity index is 400. The number of hydrogen-bond acceptors (Lipinski definition) is 3. The second-order valence-corrected chi connectivity index (χ2v) is 5.13. The maximum absolute atomic E-state index is 5.77. The standard InChI is InChI=1S/C11H18BrN5O/c12-9-6-16-17(8-9)4-3-14-11(13)15-7-10-2-1-5-18-10/h6,8,10H,1-5,7H2,(H3,13,14,15). The summed E-state index contributed by atoms with van der Waals surface area (Å²) in [6.45, 7) is 2.95. The topological polar surface area (TPSA) is 77.5 Å². The first kappa shape index (κ1) is 13.4. The third-order valence-electron chi connectivity index (χ3n) is 2.74. The molecule has 1 fully saturated rings. The van der Waals surface area contributed by atoms with E-state index < -0.39 is 0 Å². The first-order chi connectivity index (χ1) is 8.74. The fourth-order valence-corrected chi connectivity index (χ4v) is 2.13. The zero-order valence-electron chi connectivity index (χ0n) is 10.2. The molecule has 1 unspecified atom stereocenters. The van der Waals surface area contributed by atoms with Gasteiger partial charge in [0.05, 0.1) is 29.9 Å². The molecule has 1 aromatic rings. The molecular formula is C11H18BrN5O. The molecule has 0 bridgehead atoms. The summed E-state index contributed by atoms with van der Waals surface area (Å²) in [5, 5.41) is 7.21. The number of nitrogens with one attached hydrogen (secondary N) is 1. The van der Waals surface area contributed by atoms with Crippen LogP contribution >= 0.6 is 15.9 Å². The van der Waals surface area contributed by atoms with Crippen LogP contribution in [0.1, 0.15) is 12.8 Å². The zero-order chi connectivity index (χ0) is 12.8. The Hall–Kier alpha value is -1.08. The predicted molar refractivity (Wildman–Crippen MR) is 73.4 cm³/mol. The number of nitrogens with zero attached hydrogens (tertiary/aromatic N) is 3. The Morgan fingerprint density at radius 1 is 1.72 bits per heavy atom. The van der Waals surface area contributed by atoms with Crippen molar-refractivity contribution in [2.45, 2.75) is 25.5 Å². The lowest BCUT2D eigenvalue weighted by Crippen LogP contribution is -2.35. The maximum atomic E-state index is 5.77. The van der Waals surface area contributed by atoms with Crippen molar-refractivity contribution in [1.29, 1.82) is 0 Å². The average molecular weight is 316 g/mol. The Morgan fingerprint density at radius 2 is 2.61 bits per heavy atom. The van der Waals surface area contributed by atoms with Gasteiger partial charge in [-0.3, -0.25) is 9.67 Å². The van der Waals surface area contributed by atoms with Crippen LogP contribution in [0.2, 0.25) is 0 Å². The molecule has 0 aliphatic carbocycles. The molecule has 0 amide bonds. The van der Waals surface area contributed by atoms with E-state index in [4.69, 9.17) is 10.5 Å². The van der Waals surface area contributed by atoms with Crippen molar-refractivity contribution in [2.24, 2.45) is 10.7 Å². The summed E-state index contributed by atoms with van der Waals surface area (Å²) in [6, 6.07) is 0. The largest absolute Gasteiger partial charge is 0.376 e. The molecule has 0 radical (unpaired) electrons. The third-order valence-corrected chi connectivity index (χ3v) is 3.15. The van der Waals surface area contributed by atoms with Crippen molar-refractivity contribution in [1.82, 2.24) is 15.1 Å². The predicted octanol–water partition coefficient (Wildman–Crippen LogP) is 0.729. The molecule has 1 atom stereocenters. The van der Waals surface area contributed by atoms with Crippen molar-refractivity contribution in [3.63, 3.8) is 0 Å². The van der Waals surface area contributed by atoms with Crippen LogP contribution < -0.4 is 11.1 Å². The molecule has 100 valence electrons. The summed E-state index contributed by atoms with van der Waals surface area (Å²) in [4.78, 5) is 4.26. The van der Waals surface area contributed by atoms with Crippen LogP contribution in [0.5, 0.6) is 0 Å². The van der Waals surface area contributed by atoms with Crippen molar-refractivity contribution < 1.29 is 4.74 Å². The lowest BCUT2D eigenvalue weighted by Gasteiger charge is -2.08. The monoisotopic (exact) mass is 315 g/mol. The second-order valence-electron chi connectivity index (χ2n) is 4.21. The number of halogens is 1. The Labute approximate surface area is 115 Å². The molecule has 1 aliphatic heterocycles. The Kier molecular flexibility index (Phi) is 5.00. The molecule has 1 aliphatic rings. The third kappa shape index (κ3) is 4.30. The number of guanidine groups is 1. The quantitative estimate of drug-likeness (QED) is 0.620. The van der Waals surface area contributed by atoms with Gasteiger partial charge in [0.2, 0.25) is 0 Å². The maximum Gasteiger partial charge on any atom is 0.188 e. The minimum Gasteiger partial charge on any atom is -0.376 e. The average Bonchev–Trinajstić information content (AvgIpc) is 2.98. The van der Waals surface area contributed by atoms with E-state index in [1.165, 1.54) is 0 Å². The summed E-state index contributed by atoms with van der Waals surface area (Å²) >= 11 is 3.35. The molecular weight excluding hydrogens is 298 g/mol. The van der Waals surface area contributed by atoms with E-state index >= 15 is 0 Å². The molecule has 0 saturated carbocycles. The van der Waals surface area contributed by atoms with Crippen LogP contribution in [0.15, 0.2) is 21.9 Å². The van der Waals surface area contributed by atoms with Gasteiger partial charge in [-0.05, 0) is 28.8 Å². The van der Waals surface area contributed by atoms with Crippen molar-refractivity contribution >= 4 is 21.9 Å². The number of rotatable bonds is 5. The summed E-state index contributed by atoms with van der Waals surface area (Å²) in [7, 11) is 0.